The van der Waals surface area contributed by atoms with E-state index in [1.807, 2.05) is 13.8 Å². The van der Waals surface area contributed by atoms with Crippen molar-refractivity contribution in [2.24, 2.45) is 17.6 Å². The second-order valence-electron chi connectivity index (χ2n) is 9.85. The Balaban J connectivity index is 1.93. The molecule has 3 amide bonds. The lowest BCUT2D eigenvalue weighted by Crippen LogP contribution is -2.47. The summed E-state index contributed by atoms with van der Waals surface area (Å²) in [6.45, 7) is 7.60. The number of amides is 3. The van der Waals surface area contributed by atoms with Gasteiger partial charge in [-0.05, 0) is 48.4 Å². The number of hydrogen-bond donors (Lipinski definition) is 3. The van der Waals surface area contributed by atoms with E-state index in [1.165, 1.54) is 15.9 Å². The molecule has 9 heteroatoms. The van der Waals surface area contributed by atoms with Crippen molar-refractivity contribution in [2.75, 3.05) is 18.8 Å². The zero-order chi connectivity index (χ0) is 24.6. The maximum absolute atomic E-state index is 13.8. The van der Waals surface area contributed by atoms with E-state index >= 15 is 0 Å². The third-order valence-electron chi connectivity index (χ3n) is 6.59. The third kappa shape index (κ3) is 4.73. The second-order valence-corrected chi connectivity index (χ2v) is 9.85. The topological polar surface area (TPSA) is 147 Å². The second kappa shape index (κ2) is 9.51. The molecule has 4 atom stereocenters. The Morgan fingerprint density at radius 2 is 1.79 bits per heavy atom. The Labute approximate surface area is 194 Å². The van der Waals surface area contributed by atoms with Crippen LogP contribution >= 0.6 is 0 Å². The van der Waals surface area contributed by atoms with Crippen LogP contribution in [0.4, 0.5) is 5.69 Å². The van der Waals surface area contributed by atoms with Crippen LogP contribution in [0.3, 0.4) is 0 Å². The lowest BCUT2D eigenvalue weighted by Gasteiger charge is -2.30. The number of Topliss-reactive ketones (excluding diaryl/α,β-unsaturated/α-hetero) is 1. The summed E-state index contributed by atoms with van der Waals surface area (Å²) in [6.07, 6.45) is -0.299. The molecule has 4 unspecified atom stereocenters. The van der Waals surface area contributed by atoms with E-state index in [9.17, 15) is 24.3 Å². The highest BCUT2D eigenvalue weighted by atomic mass is 16.3. The fourth-order valence-corrected chi connectivity index (χ4v) is 4.94. The van der Waals surface area contributed by atoms with Gasteiger partial charge in [0.1, 0.15) is 12.1 Å². The summed E-state index contributed by atoms with van der Waals surface area (Å²) in [5.41, 5.74) is 12.6. The quantitative estimate of drug-likeness (QED) is 0.517. The monoisotopic (exact) mass is 458 g/mol. The Morgan fingerprint density at radius 1 is 1.12 bits per heavy atom. The van der Waals surface area contributed by atoms with Crippen LogP contribution in [-0.2, 0) is 14.4 Å². The smallest absolute Gasteiger partial charge is 0.252 e. The first-order valence-corrected chi connectivity index (χ1v) is 11.4. The van der Waals surface area contributed by atoms with Crippen LogP contribution in [0.5, 0.6) is 0 Å². The van der Waals surface area contributed by atoms with Crippen molar-refractivity contribution >= 4 is 29.2 Å². The highest BCUT2D eigenvalue weighted by molar-refractivity contribution is 6.01. The van der Waals surface area contributed by atoms with Crippen molar-refractivity contribution in [1.29, 1.82) is 0 Å². The minimum atomic E-state index is -1.19. The molecule has 2 aliphatic rings. The molecule has 33 heavy (non-hydrogen) atoms. The molecule has 5 N–H and O–H groups in total. The summed E-state index contributed by atoms with van der Waals surface area (Å²) in [4.78, 5) is 54.5. The van der Waals surface area contributed by atoms with Crippen molar-refractivity contribution in [3.8, 4) is 0 Å². The van der Waals surface area contributed by atoms with Crippen molar-refractivity contribution < 1.29 is 24.3 Å². The molecule has 0 aromatic heterocycles. The number of aliphatic hydroxyl groups is 1. The number of likely N-dealkylation sites (tertiary alicyclic amines) is 2. The highest BCUT2D eigenvalue weighted by Gasteiger charge is 2.53. The van der Waals surface area contributed by atoms with Crippen LogP contribution in [0.1, 0.15) is 62.4 Å². The van der Waals surface area contributed by atoms with E-state index in [0.29, 0.717) is 30.6 Å². The first-order valence-electron chi connectivity index (χ1n) is 11.4. The number of nitrogens with two attached hydrogens (primary N) is 2. The van der Waals surface area contributed by atoms with Gasteiger partial charge in [-0.15, -0.1) is 0 Å². The summed E-state index contributed by atoms with van der Waals surface area (Å²) in [5.74, 6) is -2.49. The number of nitrogens with zero attached hydrogens (tertiary/aromatic N) is 2. The van der Waals surface area contributed by atoms with Gasteiger partial charge in [0.25, 0.3) is 5.91 Å². The number of carbonyl (C=O) groups excluding carboxylic acids is 4. The predicted octanol–water partition coefficient (Wildman–Crippen LogP) is 0.895. The number of ketones is 1. The molecule has 3 rings (SSSR count). The molecule has 0 bridgehead atoms. The molecular formula is C24H34N4O5. The molecule has 9 nitrogen and oxygen atoms in total. The van der Waals surface area contributed by atoms with E-state index in [0.717, 1.165) is 0 Å². The molecule has 0 radical (unpaired) electrons. The molecule has 180 valence electrons. The molecule has 2 fully saturated rings. The van der Waals surface area contributed by atoms with Crippen LogP contribution in [-0.4, -0.2) is 69.7 Å². The van der Waals surface area contributed by atoms with E-state index < -0.39 is 35.9 Å². The number of hydrogen-bond acceptors (Lipinski definition) is 6. The normalized spacial score (nSPS) is 22.1. The number of anilines is 1. The number of primary amides is 1. The summed E-state index contributed by atoms with van der Waals surface area (Å²) >= 11 is 0. The summed E-state index contributed by atoms with van der Waals surface area (Å²) in [7, 11) is 0. The van der Waals surface area contributed by atoms with Gasteiger partial charge >= 0.3 is 0 Å². The Bertz CT molecular complexity index is 960. The van der Waals surface area contributed by atoms with Crippen LogP contribution in [0.25, 0.3) is 0 Å². The van der Waals surface area contributed by atoms with Gasteiger partial charge in [0.15, 0.2) is 5.78 Å². The largest absolute Gasteiger partial charge is 0.399 e. The SMILES string of the molecule is CC(C)CC(C(=O)N1CCC2C1C(=O)CN2C(=O)C(O)C(C)C)c1cc(N)ccc1C(N)=O. The number of fused-ring (bicyclic) bond motifs is 1. The lowest BCUT2D eigenvalue weighted by molar-refractivity contribution is -0.144. The standard InChI is InChI=1S/C24H34N4O5/c1-12(2)9-17(16-10-14(25)5-6-15(16)22(26)31)23(32)27-8-7-18-20(27)19(29)11-28(18)24(33)21(30)13(3)4/h5-6,10,12-13,17-18,20-21,30H,7-9,11,25H2,1-4H3,(H2,26,31). The molecule has 0 spiro atoms. The minimum Gasteiger partial charge on any atom is -0.399 e. The van der Waals surface area contributed by atoms with Gasteiger partial charge in [-0.25, -0.2) is 0 Å². The van der Waals surface area contributed by atoms with Gasteiger partial charge in [0, 0.05) is 17.8 Å². The average Bonchev–Trinajstić information content (AvgIpc) is 3.31. The minimum absolute atomic E-state index is 0.123. The molecule has 2 heterocycles. The summed E-state index contributed by atoms with van der Waals surface area (Å²) < 4.78 is 0. The molecule has 1 aromatic carbocycles. The molecule has 2 aliphatic heterocycles. The third-order valence-corrected chi connectivity index (χ3v) is 6.59. The van der Waals surface area contributed by atoms with Gasteiger partial charge in [-0.2, -0.15) is 0 Å². The van der Waals surface area contributed by atoms with Crippen LogP contribution in [0.15, 0.2) is 18.2 Å². The lowest BCUT2D eigenvalue weighted by atomic mass is 9.85. The van der Waals surface area contributed by atoms with E-state index in [4.69, 9.17) is 11.5 Å². The van der Waals surface area contributed by atoms with Crippen molar-refractivity contribution in [1.82, 2.24) is 9.80 Å². The van der Waals surface area contributed by atoms with Crippen molar-refractivity contribution in [3.05, 3.63) is 29.3 Å². The molecular weight excluding hydrogens is 424 g/mol. The first kappa shape index (κ1) is 24.7. The molecule has 1 aromatic rings. The van der Waals surface area contributed by atoms with Gasteiger partial charge in [-0.3, -0.25) is 19.2 Å². The highest BCUT2D eigenvalue weighted by Crippen LogP contribution is 2.36. The van der Waals surface area contributed by atoms with Gasteiger partial charge < -0.3 is 26.4 Å². The summed E-state index contributed by atoms with van der Waals surface area (Å²) in [6, 6.07) is 3.47. The number of rotatable bonds is 7. The number of aliphatic hydroxyl groups excluding tert-OH is 1. The summed E-state index contributed by atoms with van der Waals surface area (Å²) in [5, 5.41) is 10.2. The number of benzene rings is 1. The fourth-order valence-electron chi connectivity index (χ4n) is 4.94. The Hall–Kier alpha value is -2.94. The Kier molecular flexibility index (Phi) is 7.11. The molecule has 0 aliphatic carbocycles. The van der Waals surface area contributed by atoms with E-state index in [1.54, 1.807) is 26.0 Å². The van der Waals surface area contributed by atoms with Gasteiger partial charge in [0.2, 0.25) is 11.8 Å². The number of nitrogen functional groups attached to an aromatic ring is 1. The van der Waals surface area contributed by atoms with Crippen molar-refractivity contribution in [3.63, 3.8) is 0 Å². The molecule has 2 saturated heterocycles. The predicted molar refractivity (Wildman–Crippen MR) is 123 cm³/mol. The zero-order valence-corrected chi connectivity index (χ0v) is 19.7. The van der Waals surface area contributed by atoms with Crippen LogP contribution in [0, 0.1) is 11.8 Å². The van der Waals surface area contributed by atoms with Crippen LogP contribution in [0.2, 0.25) is 0 Å². The van der Waals surface area contributed by atoms with E-state index in [-0.39, 0.29) is 35.6 Å². The van der Waals surface area contributed by atoms with Crippen LogP contribution < -0.4 is 11.5 Å². The average molecular weight is 459 g/mol. The Morgan fingerprint density at radius 3 is 2.36 bits per heavy atom. The van der Waals surface area contributed by atoms with E-state index in [2.05, 4.69) is 0 Å². The maximum atomic E-state index is 13.8. The first-order chi connectivity index (χ1) is 15.4. The molecule has 0 saturated carbocycles. The zero-order valence-electron chi connectivity index (χ0n) is 19.7. The maximum Gasteiger partial charge on any atom is 0.252 e. The number of carbonyl (C=O) groups is 4. The fraction of sp³-hybridized carbons (Fsp3) is 0.583. The van der Waals surface area contributed by atoms with Crippen molar-refractivity contribution in [2.45, 2.75) is 64.6 Å². The van der Waals surface area contributed by atoms with Gasteiger partial charge in [-0.1, -0.05) is 27.7 Å². The van der Waals surface area contributed by atoms with Gasteiger partial charge in [0.05, 0.1) is 18.5 Å².